The zero-order valence-electron chi connectivity index (χ0n) is 10.3. The van der Waals surface area contributed by atoms with E-state index in [1.807, 2.05) is 6.20 Å². The fraction of sp³-hybridized carbons (Fsp3) is 0.769. The molecule has 1 aromatic heterocycles. The molecule has 16 heavy (non-hydrogen) atoms. The van der Waals surface area contributed by atoms with Gasteiger partial charge in [0.05, 0.1) is 0 Å². The van der Waals surface area contributed by atoms with E-state index in [9.17, 15) is 0 Å². The smallest absolute Gasteiger partial charge is 0.108 e. The second-order valence-electron chi connectivity index (χ2n) is 4.72. The van der Waals surface area contributed by atoms with Crippen molar-refractivity contribution in [3.05, 3.63) is 18.2 Å². The van der Waals surface area contributed by atoms with Gasteiger partial charge >= 0.3 is 0 Å². The molecular weight excluding hydrogens is 198 g/mol. The molecule has 1 N–H and O–H groups in total. The van der Waals surface area contributed by atoms with Crippen LogP contribution in [0.25, 0.3) is 0 Å². The summed E-state index contributed by atoms with van der Waals surface area (Å²) in [5.41, 5.74) is 0. The SMILES string of the molecule is CCCn1ccnc1CCCCNC1CC1. The van der Waals surface area contributed by atoms with E-state index in [0.717, 1.165) is 19.0 Å². The maximum absolute atomic E-state index is 4.42. The van der Waals surface area contributed by atoms with E-state index in [0.29, 0.717) is 0 Å². The molecule has 1 fully saturated rings. The highest BCUT2D eigenvalue weighted by atomic mass is 15.1. The summed E-state index contributed by atoms with van der Waals surface area (Å²) in [6, 6.07) is 0.849. The van der Waals surface area contributed by atoms with Crippen LogP contribution in [0.15, 0.2) is 12.4 Å². The van der Waals surface area contributed by atoms with Crippen LogP contribution in [0.2, 0.25) is 0 Å². The van der Waals surface area contributed by atoms with Gasteiger partial charge in [0, 0.05) is 31.4 Å². The van der Waals surface area contributed by atoms with Crippen molar-refractivity contribution in [3.8, 4) is 0 Å². The number of aromatic nitrogens is 2. The Morgan fingerprint density at radius 3 is 3.06 bits per heavy atom. The number of nitrogens with zero attached hydrogens (tertiary/aromatic N) is 2. The largest absolute Gasteiger partial charge is 0.335 e. The van der Waals surface area contributed by atoms with Crippen molar-refractivity contribution in [1.82, 2.24) is 14.9 Å². The molecule has 1 heterocycles. The molecule has 3 nitrogen and oxygen atoms in total. The molecule has 90 valence electrons. The molecule has 0 saturated heterocycles. The molecule has 1 saturated carbocycles. The van der Waals surface area contributed by atoms with Crippen molar-refractivity contribution < 1.29 is 0 Å². The van der Waals surface area contributed by atoms with Gasteiger partial charge in [-0.15, -0.1) is 0 Å². The number of hydrogen-bond donors (Lipinski definition) is 1. The normalized spacial score (nSPS) is 15.6. The Balaban J connectivity index is 1.61. The minimum atomic E-state index is 0.849. The lowest BCUT2D eigenvalue weighted by Crippen LogP contribution is -2.17. The number of imidazole rings is 1. The van der Waals surface area contributed by atoms with Gasteiger partial charge in [0.1, 0.15) is 5.82 Å². The first kappa shape index (κ1) is 11.6. The lowest BCUT2D eigenvalue weighted by atomic mass is 10.2. The van der Waals surface area contributed by atoms with Crippen molar-refractivity contribution >= 4 is 0 Å². The van der Waals surface area contributed by atoms with Crippen LogP contribution in [0, 0.1) is 0 Å². The molecule has 1 aromatic rings. The van der Waals surface area contributed by atoms with Gasteiger partial charge in [0.2, 0.25) is 0 Å². The quantitative estimate of drug-likeness (QED) is 0.683. The zero-order valence-corrected chi connectivity index (χ0v) is 10.3. The van der Waals surface area contributed by atoms with Crippen LogP contribution in [0.5, 0.6) is 0 Å². The first-order valence-electron chi connectivity index (χ1n) is 6.63. The molecule has 1 aliphatic rings. The number of rotatable bonds is 8. The van der Waals surface area contributed by atoms with Crippen LogP contribution in [-0.2, 0) is 13.0 Å². The number of aryl methyl sites for hydroxylation is 2. The van der Waals surface area contributed by atoms with Crippen molar-refractivity contribution in [3.63, 3.8) is 0 Å². The Labute approximate surface area is 98.3 Å². The average molecular weight is 221 g/mol. The lowest BCUT2D eigenvalue weighted by molar-refractivity contribution is 0.585. The molecule has 0 atom stereocenters. The third-order valence-corrected chi connectivity index (χ3v) is 3.10. The van der Waals surface area contributed by atoms with E-state index < -0.39 is 0 Å². The summed E-state index contributed by atoms with van der Waals surface area (Å²) >= 11 is 0. The lowest BCUT2D eigenvalue weighted by Gasteiger charge is -2.06. The fourth-order valence-electron chi connectivity index (χ4n) is 2.01. The molecule has 0 spiro atoms. The Morgan fingerprint density at radius 1 is 1.44 bits per heavy atom. The van der Waals surface area contributed by atoms with Gasteiger partial charge in [-0.05, 0) is 38.6 Å². The summed E-state index contributed by atoms with van der Waals surface area (Å²) < 4.78 is 2.29. The van der Waals surface area contributed by atoms with Crippen LogP contribution in [0.1, 0.15) is 44.9 Å². The van der Waals surface area contributed by atoms with Gasteiger partial charge in [-0.2, -0.15) is 0 Å². The standard InChI is InChI=1S/C13H23N3/c1-2-10-16-11-9-15-13(16)5-3-4-8-14-12-6-7-12/h9,11-12,14H,2-8,10H2,1H3. The predicted octanol–water partition coefficient (Wildman–Crippen LogP) is 2.37. The maximum Gasteiger partial charge on any atom is 0.108 e. The van der Waals surface area contributed by atoms with E-state index in [-0.39, 0.29) is 0 Å². The number of unbranched alkanes of at least 4 members (excludes halogenated alkanes) is 1. The summed E-state index contributed by atoms with van der Waals surface area (Å²) in [5, 5.41) is 3.55. The van der Waals surface area contributed by atoms with Crippen LogP contribution < -0.4 is 5.32 Å². The Bertz CT molecular complexity index is 302. The van der Waals surface area contributed by atoms with E-state index in [1.54, 1.807) is 0 Å². The topological polar surface area (TPSA) is 29.9 Å². The van der Waals surface area contributed by atoms with Gasteiger partial charge in [-0.1, -0.05) is 6.92 Å². The Kier molecular flexibility index (Phi) is 4.40. The van der Waals surface area contributed by atoms with Gasteiger partial charge in [0.25, 0.3) is 0 Å². The van der Waals surface area contributed by atoms with Crippen LogP contribution >= 0.6 is 0 Å². The zero-order chi connectivity index (χ0) is 11.2. The maximum atomic E-state index is 4.42. The van der Waals surface area contributed by atoms with Crippen molar-refractivity contribution in [2.45, 2.75) is 58.0 Å². The summed E-state index contributed by atoms with van der Waals surface area (Å²) in [7, 11) is 0. The molecule has 3 heteroatoms. The average Bonchev–Trinajstić information content (AvgIpc) is 3.00. The third-order valence-electron chi connectivity index (χ3n) is 3.10. The summed E-state index contributed by atoms with van der Waals surface area (Å²) in [4.78, 5) is 4.42. The minimum absolute atomic E-state index is 0.849. The van der Waals surface area contributed by atoms with Crippen LogP contribution in [0.4, 0.5) is 0 Å². The van der Waals surface area contributed by atoms with Gasteiger partial charge < -0.3 is 9.88 Å². The second-order valence-corrected chi connectivity index (χ2v) is 4.72. The Hall–Kier alpha value is -0.830. The summed E-state index contributed by atoms with van der Waals surface area (Å²) in [6.07, 6.45) is 11.6. The highest BCUT2D eigenvalue weighted by Crippen LogP contribution is 2.18. The molecular formula is C13H23N3. The van der Waals surface area contributed by atoms with E-state index in [2.05, 4.69) is 28.0 Å². The first-order chi connectivity index (χ1) is 7.90. The monoisotopic (exact) mass is 221 g/mol. The molecule has 0 aromatic carbocycles. The molecule has 0 radical (unpaired) electrons. The third kappa shape index (κ3) is 3.63. The van der Waals surface area contributed by atoms with Gasteiger partial charge in [-0.3, -0.25) is 0 Å². The summed E-state index contributed by atoms with van der Waals surface area (Å²) in [5.74, 6) is 1.26. The fourth-order valence-corrected chi connectivity index (χ4v) is 2.01. The molecule has 0 unspecified atom stereocenters. The predicted molar refractivity (Wildman–Crippen MR) is 66.5 cm³/mol. The molecule has 0 bridgehead atoms. The summed E-state index contributed by atoms with van der Waals surface area (Å²) in [6.45, 7) is 4.50. The number of nitrogens with one attached hydrogen (secondary N) is 1. The van der Waals surface area contributed by atoms with Gasteiger partial charge in [-0.25, -0.2) is 4.98 Å². The van der Waals surface area contributed by atoms with Crippen molar-refractivity contribution in [2.75, 3.05) is 6.54 Å². The van der Waals surface area contributed by atoms with Crippen molar-refractivity contribution in [2.24, 2.45) is 0 Å². The van der Waals surface area contributed by atoms with Crippen LogP contribution in [-0.4, -0.2) is 22.1 Å². The van der Waals surface area contributed by atoms with Crippen molar-refractivity contribution in [1.29, 1.82) is 0 Å². The Morgan fingerprint density at radius 2 is 2.31 bits per heavy atom. The van der Waals surface area contributed by atoms with E-state index in [4.69, 9.17) is 0 Å². The molecule has 2 rings (SSSR count). The van der Waals surface area contributed by atoms with E-state index in [1.165, 1.54) is 44.5 Å². The molecule has 0 amide bonds. The number of hydrogen-bond acceptors (Lipinski definition) is 2. The molecule has 0 aliphatic heterocycles. The minimum Gasteiger partial charge on any atom is -0.335 e. The molecule has 1 aliphatic carbocycles. The van der Waals surface area contributed by atoms with Gasteiger partial charge in [0.15, 0.2) is 0 Å². The highest BCUT2D eigenvalue weighted by Gasteiger charge is 2.19. The first-order valence-corrected chi connectivity index (χ1v) is 6.63. The van der Waals surface area contributed by atoms with Crippen LogP contribution in [0.3, 0.4) is 0 Å². The second kappa shape index (κ2) is 6.04. The highest BCUT2D eigenvalue weighted by molar-refractivity contribution is 4.92. The van der Waals surface area contributed by atoms with E-state index >= 15 is 0 Å².